The first-order chi connectivity index (χ1) is 15.3. The number of nitrogens with zero attached hydrogens (tertiary/aromatic N) is 1. The number of hydrogen-bond acceptors (Lipinski definition) is 1. The standard InChI is InChI=1S/C26H22ClF4N.ClH/c27-24-17-22(8-9-25(24)28)19-6-4-18(5-7-19)10-13-32-14-11-20(12-15-32)21-2-1-3-23(16-21)26(29,30)31;/h1-9,11,16-17H,10,12-15H2;1H. The molecule has 0 aromatic heterocycles. The molecule has 3 aromatic carbocycles. The van der Waals surface area contributed by atoms with Gasteiger partial charge in [-0.25, -0.2) is 4.39 Å². The first-order valence-electron chi connectivity index (χ1n) is 10.4. The lowest BCUT2D eigenvalue weighted by Crippen LogP contribution is -2.30. The SMILES string of the molecule is Cl.Fc1ccc(-c2ccc(CCN3CC=C(c4cccc(C(F)(F)F)c4)CC3)cc2)cc1Cl. The highest BCUT2D eigenvalue weighted by Gasteiger charge is 2.30. The fourth-order valence-electron chi connectivity index (χ4n) is 3.90. The maximum Gasteiger partial charge on any atom is 0.416 e. The van der Waals surface area contributed by atoms with Crippen LogP contribution in [0.1, 0.15) is 23.1 Å². The first-order valence-corrected chi connectivity index (χ1v) is 10.8. The molecule has 0 radical (unpaired) electrons. The van der Waals surface area contributed by atoms with Crippen LogP contribution in [0.3, 0.4) is 0 Å². The van der Waals surface area contributed by atoms with Crippen molar-refractivity contribution in [1.29, 1.82) is 0 Å². The zero-order chi connectivity index (χ0) is 22.7. The van der Waals surface area contributed by atoms with E-state index in [1.54, 1.807) is 18.2 Å². The van der Waals surface area contributed by atoms with E-state index in [4.69, 9.17) is 11.6 Å². The second-order valence-corrected chi connectivity index (χ2v) is 8.34. The van der Waals surface area contributed by atoms with E-state index in [1.165, 1.54) is 23.8 Å². The summed E-state index contributed by atoms with van der Waals surface area (Å²) in [4.78, 5) is 2.30. The van der Waals surface area contributed by atoms with Crippen molar-refractivity contribution in [3.63, 3.8) is 0 Å². The van der Waals surface area contributed by atoms with E-state index in [1.807, 2.05) is 18.2 Å². The molecular weight excluding hydrogens is 473 g/mol. The van der Waals surface area contributed by atoms with Gasteiger partial charge in [0, 0.05) is 19.6 Å². The number of alkyl halides is 3. The van der Waals surface area contributed by atoms with Gasteiger partial charge < -0.3 is 0 Å². The van der Waals surface area contributed by atoms with Gasteiger partial charge in [0.1, 0.15) is 5.82 Å². The van der Waals surface area contributed by atoms with Gasteiger partial charge in [-0.2, -0.15) is 13.2 Å². The van der Waals surface area contributed by atoms with Crippen LogP contribution in [-0.2, 0) is 12.6 Å². The summed E-state index contributed by atoms with van der Waals surface area (Å²) in [6.45, 7) is 2.40. The third-order valence-corrected chi connectivity index (χ3v) is 6.07. The average Bonchev–Trinajstić information content (AvgIpc) is 2.80. The molecule has 1 aliphatic rings. The minimum atomic E-state index is -4.32. The van der Waals surface area contributed by atoms with Crippen LogP contribution >= 0.6 is 24.0 Å². The Bertz CT molecular complexity index is 1120. The summed E-state index contributed by atoms with van der Waals surface area (Å²) < 4.78 is 52.3. The van der Waals surface area contributed by atoms with Gasteiger partial charge in [0.15, 0.2) is 0 Å². The molecule has 0 saturated heterocycles. The van der Waals surface area contributed by atoms with Crippen molar-refractivity contribution >= 4 is 29.6 Å². The van der Waals surface area contributed by atoms with E-state index in [-0.39, 0.29) is 17.4 Å². The lowest BCUT2D eigenvalue weighted by Gasteiger charge is -2.26. The van der Waals surface area contributed by atoms with E-state index in [2.05, 4.69) is 17.0 Å². The fourth-order valence-corrected chi connectivity index (χ4v) is 4.08. The Morgan fingerprint density at radius 2 is 1.61 bits per heavy atom. The van der Waals surface area contributed by atoms with E-state index >= 15 is 0 Å². The number of benzene rings is 3. The summed E-state index contributed by atoms with van der Waals surface area (Å²) in [6, 6.07) is 18.4. The quantitative estimate of drug-likeness (QED) is 0.325. The molecule has 1 heterocycles. The van der Waals surface area contributed by atoms with Crippen LogP contribution in [0.2, 0.25) is 5.02 Å². The van der Waals surface area contributed by atoms with E-state index in [9.17, 15) is 17.6 Å². The minimum absolute atomic E-state index is 0. The molecular formula is C26H23Cl2F4N. The van der Waals surface area contributed by atoms with Crippen molar-refractivity contribution in [3.05, 3.63) is 100 Å². The minimum Gasteiger partial charge on any atom is -0.299 e. The Hall–Kier alpha value is -2.34. The van der Waals surface area contributed by atoms with Gasteiger partial charge in [-0.15, -0.1) is 12.4 Å². The molecule has 0 unspecified atom stereocenters. The maximum absolute atomic E-state index is 13.4. The molecule has 0 N–H and O–H groups in total. The lowest BCUT2D eigenvalue weighted by atomic mass is 9.97. The topological polar surface area (TPSA) is 3.24 Å². The predicted octanol–water partition coefficient (Wildman–Crippen LogP) is 7.92. The van der Waals surface area contributed by atoms with E-state index in [0.717, 1.165) is 55.2 Å². The Balaban J connectivity index is 0.00000306. The highest BCUT2D eigenvalue weighted by molar-refractivity contribution is 6.31. The third-order valence-electron chi connectivity index (χ3n) is 5.78. The van der Waals surface area contributed by atoms with Crippen LogP contribution in [0.15, 0.2) is 72.8 Å². The van der Waals surface area contributed by atoms with Crippen molar-refractivity contribution in [2.75, 3.05) is 19.6 Å². The van der Waals surface area contributed by atoms with Gasteiger partial charge in [0.2, 0.25) is 0 Å². The normalized spacial score (nSPS) is 14.5. The lowest BCUT2D eigenvalue weighted by molar-refractivity contribution is -0.137. The second-order valence-electron chi connectivity index (χ2n) is 7.93. The summed E-state index contributed by atoms with van der Waals surface area (Å²) in [5, 5.41) is 0.106. The maximum atomic E-state index is 13.4. The first kappa shape index (κ1) is 25.3. The van der Waals surface area contributed by atoms with E-state index < -0.39 is 17.6 Å². The van der Waals surface area contributed by atoms with Crippen molar-refractivity contribution in [1.82, 2.24) is 4.90 Å². The molecule has 0 amide bonds. The molecule has 1 aliphatic heterocycles. The van der Waals surface area contributed by atoms with Crippen molar-refractivity contribution in [2.45, 2.75) is 19.0 Å². The number of hydrogen-bond donors (Lipinski definition) is 0. The third kappa shape index (κ3) is 6.38. The molecule has 174 valence electrons. The van der Waals surface area contributed by atoms with E-state index in [0.29, 0.717) is 5.56 Å². The van der Waals surface area contributed by atoms with Gasteiger partial charge in [-0.1, -0.05) is 60.1 Å². The molecule has 0 atom stereocenters. The molecule has 0 saturated carbocycles. The summed E-state index contributed by atoms with van der Waals surface area (Å²) in [6.07, 6.45) is -0.696. The Labute approximate surface area is 202 Å². The smallest absolute Gasteiger partial charge is 0.299 e. The second kappa shape index (κ2) is 10.7. The molecule has 33 heavy (non-hydrogen) atoms. The van der Waals surface area contributed by atoms with Gasteiger partial charge >= 0.3 is 6.18 Å². The van der Waals surface area contributed by atoms with Crippen LogP contribution in [0.4, 0.5) is 17.6 Å². The molecule has 0 spiro atoms. The Morgan fingerprint density at radius 3 is 2.24 bits per heavy atom. The van der Waals surface area contributed by atoms with Crippen LogP contribution < -0.4 is 0 Å². The van der Waals surface area contributed by atoms with Crippen molar-refractivity contribution in [3.8, 4) is 11.1 Å². The van der Waals surface area contributed by atoms with Crippen molar-refractivity contribution < 1.29 is 17.6 Å². The highest BCUT2D eigenvalue weighted by atomic mass is 35.5. The molecule has 1 nitrogen and oxygen atoms in total. The van der Waals surface area contributed by atoms with Gasteiger partial charge in [-0.3, -0.25) is 4.90 Å². The molecule has 3 aromatic rings. The van der Waals surface area contributed by atoms with Crippen LogP contribution in [-0.4, -0.2) is 24.5 Å². The van der Waals surface area contributed by atoms with Gasteiger partial charge in [0.05, 0.1) is 10.6 Å². The molecule has 0 bridgehead atoms. The summed E-state index contributed by atoms with van der Waals surface area (Å²) in [7, 11) is 0. The largest absolute Gasteiger partial charge is 0.416 e. The fraction of sp³-hybridized carbons (Fsp3) is 0.231. The highest BCUT2D eigenvalue weighted by Crippen LogP contribution is 2.32. The van der Waals surface area contributed by atoms with Crippen LogP contribution in [0.5, 0.6) is 0 Å². The molecule has 0 aliphatic carbocycles. The summed E-state index contributed by atoms with van der Waals surface area (Å²) in [5.74, 6) is -0.432. The average molecular weight is 496 g/mol. The number of rotatable bonds is 5. The van der Waals surface area contributed by atoms with Crippen molar-refractivity contribution in [2.24, 2.45) is 0 Å². The Kier molecular flexibility index (Phi) is 8.22. The number of halogens is 6. The summed E-state index contributed by atoms with van der Waals surface area (Å²) in [5.41, 5.74) is 4.04. The van der Waals surface area contributed by atoms with Crippen LogP contribution in [0, 0.1) is 5.82 Å². The monoisotopic (exact) mass is 495 g/mol. The zero-order valence-electron chi connectivity index (χ0n) is 17.7. The zero-order valence-corrected chi connectivity index (χ0v) is 19.3. The summed E-state index contributed by atoms with van der Waals surface area (Å²) >= 11 is 5.87. The molecule has 4 rings (SSSR count). The molecule has 0 fully saturated rings. The van der Waals surface area contributed by atoms with Gasteiger partial charge in [0.25, 0.3) is 0 Å². The van der Waals surface area contributed by atoms with Gasteiger partial charge in [-0.05, 0) is 64.9 Å². The molecule has 7 heteroatoms. The predicted molar refractivity (Wildman–Crippen MR) is 128 cm³/mol. The van der Waals surface area contributed by atoms with Crippen LogP contribution in [0.25, 0.3) is 16.7 Å². The Morgan fingerprint density at radius 1 is 0.879 bits per heavy atom.